The molecule has 0 bridgehead atoms. The van der Waals surface area contributed by atoms with Gasteiger partial charge in [-0.1, -0.05) is 124 Å². The lowest BCUT2D eigenvalue weighted by atomic mass is 9.99. The standard InChI is InChI=1S/C32H67NO3/c1-6-8-10-12-14-16-18-20-24-31(34)27-33(26-22-23-29(3)30(4)36-5)28-32(35)25-21-19-17-15-13-11-9-7-2/h29-32,34-35H,6-28H2,1-5H3. The van der Waals surface area contributed by atoms with Crippen molar-refractivity contribution in [2.24, 2.45) is 5.92 Å². The van der Waals surface area contributed by atoms with E-state index in [9.17, 15) is 10.2 Å². The zero-order valence-corrected chi connectivity index (χ0v) is 25.3. The van der Waals surface area contributed by atoms with Crippen molar-refractivity contribution >= 4 is 0 Å². The molecule has 0 rings (SSSR count). The van der Waals surface area contributed by atoms with Crippen LogP contribution in [-0.4, -0.2) is 60.2 Å². The SMILES string of the molecule is CCCCCCCCCCC(O)CN(CCCC(C)C(C)OC)CC(O)CCCCCCCCCC. The van der Waals surface area contributed by atoms with E-state index in [4.69, 9.17) is 4.74 Å². The van der Waals surface area contributed by atoms with Crippen LogP contribution in [0.2, 0.25) is 0 Å². The first kappa shape index (κ1) is 35.8. The molecule has 0 aliphatic rings. The first-order chi connectivity index (χ1) is 17.4. The second kappa shape index (κ2) is 26.4. The minimum atomic E-state index is -0.282. The van der Waals surface area contributed by atoms with Gasteiger partial charge in [-0.2, -0.15) is 0 Å². The topological polar surface area (TPSA) is 52.9 Å². The second-order valence-electron chi connectivity index (χ2n) is 11.7. The zero-order chi connectivity index (χ0) is 26.9. The maximum absolute atomic E-state index is 10.7. The molecule has 0 saturated heterocycles. The fraction of sp³-hybridized carbons (Fsp3) is 1.00. The van der Waals surface area contributed by atoms with E-state index < -0.39 is 0 Å². The minimum Gasteiger partial charge on any atom is -0.392 e. The van der Waals surface area contributed by atoms with Crippen LogP contribution in [0.15, 0.2) is 0 Å². The smallest absolute Gasteiger partial charge is 0.0667 e. The van der Waals surface area contributed by atoms with Crippen LogP contribution in [0.3, 0.4) is 0 Å². The van der Waals surface area contributed by atoms with E-state index in [1.54, 1.807) is 7.11 Å². The highest BCUT2D eigenvalue weighted by molar-refractivity contribution is 4.71. The van der Waals surface area contributed by atoms with Crippen molar-refractivity contribution in [1.82, 2.24) is 4.90 Å². The lowest BCUT2D eigenvalue weighted by molar-refractivity contribution is 0.0516. The molecule has 0 radical (unpaired) electrons. The van der Waals surface area contributed by atoms with Crippen molar-refractivity contribution in [2.75, 3.05) is 26.7 Å². The van der Waals surface area contributed by atoms with Gasteiger partial charge in [0.1, 0.15) is 0 Å². The van der Waals surface area contributed by atoms with Gasteiger partial charge >= 0.3 is 0 Å². The number of rotatable bonds is 28. The molecule has 0 aromatic heterocycles. The molecule has 0 aromatic rings. The summed E-state index contributed by atoms with van der Waals surface area (Å²) in [5.74, 6) is 0.529. The summed E-state index contributed by atoms with van der Waals surface area (Å²) in [6.07, 6.45) is 24.5. The van der Waals surface area contributed by atoms with Crippen molar-refractivity contribution in [3.63, 3.8) is 0 Å². The number of hydrogen-bond donors (Lipinski definition) is 2. The predicted molar refractivity (Wildman–Crippen MR) is 158 cm³/mol. The van der Waals surface area contributed by atoms with E-state index in [1.165, 1.54) is 89.9 Å². The number of aliphatic hydroxyl groups excluding tert-OH is 2. The molecule has 4 atom stereocenters. The maximum atomic E-state index is 10.7. The highest BCUT2D eigenvalue weighted by Gasteiger charge is 2.17. The van der Waals surface area contributed by atoms with Crippen LogP contribution >= 0.6 is 0 Å². The maximum Gasteiger partial charge on any atom is 0.0667 e. The third-order valence-electron chi connectivity index (χ3n) is 8.03. The van der Waals surface area contributed by atoms with Gasteiger partial charge in [-0.15, -0.1) is 0 Å². The van der Waals surface area contributed by atoms with Crippen molar-refractivity contribution in [3.8, 4) is 0 Å². The summed E-state index contributed by atoms with van der Waals surface area (Å²) in [6.45, 7) is 11.3. The predicted octanol–water partition coefficient (Wildman–Crippen LogP) is 8.52. The molecular formula is C32H67NO3. The fourth-order valence-corrected chi connectivity index (χ4v) is 5.17. The summed E-state index contributed by atoms with van der Waals surface area (Å²) in [4.78, 5) is 2.33. The summed E-state index contributed by atoms with van der Waals surface area (Å²) < 4.78 is 5.49. The molecule has 0 aliphatic heterocycles. The Kier molecular flexibility index (Phi) is 26.3. The van der Waals surface area contributed by atoms with Gasteiger partial charge < -0.3 is 14.9 Å². The van der Waals surface area contributed by atoms with Gasteiger partial charge in [-0.05, 0) is 45.1 Å². The number of nitrogens with zero attached hydrogens (tertiary/aromatic N) is 1. The zero-order valence-electron chi connectivity index (χ0n) is 25.3. The van der Waals surface area contributed by atoms with Crippen molar-refractivity contribution in [1.29, 1.82) is 0 Å². The van der Waals surface area contributed by atoms with Gasteiger partial charge in [0.2, 0.25) is 0 Å². The average Bonchev–Trinajstić information content (AvgIpc) is 2.86. The summed E-state index contributed by atoms with van der Waals surface area (Å²) in [5, 5.41) is 21.5. The van der Waals surface area contributed by atoms with Crippen molar-refractivity contribution in [2.45, 2.75) is 174 Å². The van der Waals surface area contributed by atoms with Crippen LogP contribution in [0.25, 0.3) is 0 Å². The number of hydrogen-bond acceptors (Lipinski definition) is 4. The molecule has 36 heavy (non-hydrogen) atoms. The number of aliphatic hydroxyl groups is 2. The van der Waals surface area contributed by atoms with Crippen molar-refractivity contribution < 1.29 is 14.9 Å². The molecule has 0 amide bonds. The lowest BCUT2D eigenvalue weighted by Crippen LogP contribution is -2.39. The monoisotopic (exact) mass is 514 g/mol. The van der Waals surface area contributed by atoms with Gasteiger partial charge in [0.05, 0.1) is 18.3 Å². The molecule has 0 aliphatic carbocycles. The Morgan fingerprint density at radius 3 is 1.33 bits per heavy atom. The first-order valence-corrected chi connectivity index (χ1v) is 16.1. The Morgan fingerprint density at radius 2 is 0.944 bits per heavy atom. The van der Waals surface area contributed by atoms with E-state index in [2.05, 4.69) is 32.6 Å². The van der Waals surface area contributed by atoms with E-state index in [0.29, 0.717) is 19.0 Å². The normalized spacial score (nSPS) is 15.3. The summed E-state index contributed by atoms with van der Waals surface area (Å²) >= 11 is 0. The lowest BCUT2D eigenvalue weighted by Gasteiger charge is -2.28. The molecule has 218 valence electrons. The van der Waals surface area contributed by atoms with Gasteiger partial charge in [-0.25, -0.2) is 0 Å². The van der Waals surface area contributed by atoms with Crippen LogP contribution in [0.1, 0.15) is 156 Å². The largest absolute Gasteiger partial charge is 0.392 e. The molecule has 4 heteroatoms. The minimum absolute atomic E-state index is 0.276. The Balaban J connectivity index is 4.30. The average molecular weight is 514 g/mol. The number of unbranched alkanes of at least 4 members (excludes halogenated alkanes) is 14. The van der Waals surface area contributed by atoms with Gasteiger partial charge in [0.15, 0.2) is 0 Å². The molecule has 4 nitrogen and oxygen atoms in total. The van der Waals surface area contributed by atoms with E-state index in [-0.39, 0.29) is 18.3 Å². The quantitative estimate of drug-likeness (QED) is 0.103. The first-order valence-electron chi connectivity index (χ1n) is 16.1. The third kappa shape index (κ3) is 23.0. The molecule has 0 fully saturated rings. The fourth-order valence-electron chi connectivity index (χ4n) is 5.17. The van der Waals surface area contributed by atoms with Gasteiger partial charge in [0, 0.05) is 20.2 Å². The van der Waals surface area contributed by atoms with Crippen LogP contribution in [0, 0.1) is 5.92 Å². The summed E-state index contributed by atoms with van der Waals surface area (Å²) in [6, 6.07) is 0. The highest BCUT2D eigenvalue weighted by Crippen LogP contribution is 2.16. The van der Waals surface area contributed by atoms with Crippen LogP contribution < -0.4 is 0 Å². The Morgan fingerprint density at radius 1 is 0.556 bits per heavy atom. The Labute approximate surface area is 227 Å². The van der Waals surface area contributed by atoms with Gasteiger partial charge in [0.25, 0.3) is 0 Å². The highest BCUT2D eigenvalue weighted by atomic mass is 16.5. The molecule has 0 saturated carbocycles. The van der Waals surface area contributed by atoms with E-state index in [0.717, 1.165) is 45.1 Å². The molecule has 0 spiro atoms. The Hall–Kier alpha value is -0.160. The van der Waals surface area contributed by atoms with Gasteiger partial charge in [-0.3, -0.25) is 4.90 Å². The third-order valence-corrected chi connectivity index (χ3v) is 8.03. The van der Waals surface area contributed by atoms with Crippen LogP contribution in [0.4, 0.5) is 0 Å². The second-order valence-corrected chi connectivity index (χ2v) is 11.7. The summed E-state index contributed by atoms with van der Waals surface area (Å²) in [5.41, 5.74) is 0. The Bertz CT molecular complexity index is 406. The number of ether oxygens (including phenoxy) is 1. The van der Waals surface area contributed by atoms with Crippen LogP contribution in [-0.2, 0) is 4.74 Å². The van der Waals surface area contributed by atoms with Crippen LogP contribution in [0.5, 0.6) is 0 Å². The van der Waals surface area contributed by atoms with Crippen molar-refractivity contribution in [3.05, 3.63) is 0 Å². The summed E-state index contributed by atoms with van der Waals surface area (Å²) in [7, 11) is 1.79. The molecule has 0 heterocycles. The van der Waals surface area contributed by atoms with E-state index >= 15 is 0 Å². The molecular weight excluding hydrogens is 446 g/mol. The van der Waals surface area contributed by atoms with E-state index in [1.807, 2.05) is 0 Å². The molecule has 4 unspecified atom stereocenters. The number of methoxy groups -OCH3 is 1. The molecule has 2 N–H and O–H groups in total. The molecule has 0 aromatic carbocycles.